The fourth-order valence-electron chi connectivity index (χ4n) is 2.68. The van der Waals surface area contributed by atoms with Gasteiger partial charge in [0.2, 0.25) is 6.79 Å². The zero-order valence-electron chi connectivity index (χ0n) is 13.4. The van der Waals surface area contributed by atoms with Crippen LogP contribution in [0.3, 0.4) is 0 Å². The lowest BCUT2D eigenvalue weighted by Crippen LogP contribution is -2.07. The van der Waals surface area contributed by atoms with E-state index in [0.29, 0.717) is 22.8 Å². The van der Waals surface area contributed by atoms with Crippen molar-refractivity contribution in [2.75, 3.05) is 6.79 Å². The van der Waals surface area contributed by atoms with Gasteiger partial charge in [0.15, 0.2) is 11.5 Å². The van der Waals surface area contributed by atoms with Gasteiger partial charge in [-0.25, -0.2) is 4.99 Å². The molecule has 1 aliphatic rings. The number of carbonyl (C=O) groups excluding carboxylic acids is 1. The summed E-state index contributed by atoms with van der Waals surface area (Å²) in [7, 11) is 0. The zero-order valence-corrected chi connectivity index (χ0v) is 13.4. The molecule has 0 aromatic heterocycles. The van der Waals surface area contributed by atoms with E-state index in [2.05, 4.69) is 4.99 Å². The Morgan fingerprint density at radius 2 is 1.36 bits per heavy atom. The van der Waals surface area contributed by atoms with Crippen molar-refractivity contribution in [3.63, 3.8) is 0 Å². The predicted octanol–water partition coefficient (Wildman–Crippen LogP) is 4.09. The molecule has 4 nitrogen and oxygen atoms in total. The molecule has 0 unspecified atom stereocenters. The van der Waals surface area contributed by atoms with Crippen molar-refractivity contribution < 1.29 is 14.3 Å². The molecular weight excluding hydrogens is 314 g/mol. The molecule has 3 aromatic carbocycles. The lowest BCUT2D eigenvalue weighted by atomic mass is 10.0. The summed E-state index contributed by atoms with van der Waals surface area (Å²) in [6, 6.07) is 24.3. The van der Waals surface area contributed by atoms with Crippen LogP contribution < -0.4 is 9.47 Å². The van der Waals surface area contributed by atoms with E-state index < -0.39 is 0 Å². The number of carbonyl (C=O) groups is 1. The Labute approximate surface area is 145 Å². The lowest BCUT2D eigenvalue weighted by molar-refractivity contribution is 0.100. The molecule has 1 heterocycles. The van der Waals surface area contributed by atoms with Crippen molar-refractivity contribution in [1.82, 2.24) is 0 Å². The number of nitrogens with zero attached hydrogens (tertiary/aromatic N) is 1. The van der Waals surface area contributed by atoms with E-state index in [9.17, 15) is 4.79 Å². The summed E-state index contributed by atoms with van der Waals surface area (Å²) in [5.41, 5.74) is 2.83. The van der Waals surface area contributed by atoms with Crippen molar-refractivity contribution >= 4 is 11.6 Å². The summed E-state index contributed by atoms with van der Waals surface area (Å²) in [5.74, 6) is 1.08. The first kappa shape index (κ1) is 15.1. The monoisotopic (exact) mass is 329 g/mol. The molecule has 0 aliphatic carbocycles. The van der Waals surface area contributed by atoms with Crippen LogP contribution in [-0.4, -0.2) is 18.4 Å². The molecule has 0 radical (unpaired) electrons. The molecule has 0 saturated heterocycles. The third-order valence-corrected chi connectivity index (χ3v) is 3.93. The number of amides is 1. The Balaban J connectivity index is 1.80. The number of rotatable bonds is 3. The van der Waals surface area contributed by atoms with Gasteiger partial charge < -0.3 is 9.47 Å². The van der Waals surface area contributed by atoms with Crippen LogP contribution in [0.4, 0.5) is 0 Å². The first-order valence-electron chi connectivity index (χ1n) is 7.95. The summed E-state index contributed by atoms with van der Waals surface area (Å²) >= 11 is 0. The van der Waals surface area contributed by atoms with E-state index in [4.69, 9.17) is 9.47 Å². The molecule has 122 valence electrons. The number of aliphatic imine (C=N–C) groups is 1. The minimum absolute atomic E-state index is 0.208. The van der Waals surface area contributed by atoms with Crippen LogP contribution >= 0.6 is 0 Å². The van der Waals surface area contributed by atoms with Crippen LogP contribution in [0.1, 0.15) is 21.5 Å². The maximum absolute atomic E-state index is 12.6. The van der Waals surface area contributed by atoms with Crippen molar-refractivity contribution in [3.05, 3.63) is 95.6 Å². The molecule has 0 saturated carbocycles. The normalized spacial score (nSPS) is 12.9. The van der Waals surface area contributed by atoms with Gasteiger partial charge in [-0.15, -0.1) is 0 Å². The molecule has 0 bridgehead atoms. The predicted molar refractivity (Wildman–Crippen MR) is 95.4 cm³/mol. The average molecular weight is 329 g/mol. The Kier molecular flexibility index (Phi) is 4.01. The Morgan fingerprint density at radius 3 is 2.08 bits per heavy atom. The first-order valence-corrected chi connectivity index (χ1v) is 7.95. The van der Waals surface area contributed by atoms with Gasteiger partial charge in [-0.3, -0.25) is 4.79 Å². The van der Waals surface area contributed by atoms with Crippen molar-refractivity contribution in [2.45, 2.75) is 0 Å². The molecule has 0 atom stereocenters. The fourth-order valence-corrected chi connectivity index (χ4v) is 2.68. The molecule has 3 aromatic rings. The highest BCUT2D eigenvalue weighted by Crippen LogP contribution is 2.33. The highest BCUT2D eigenvalue weighted by Gasteiger charge is 2.17. The summed E-state index contributed by atoms with van der Waals surface area (Å²) in [6.07, 6.45) is 0. The minimum Gasteiger partial charge on any atom is -0.454 e. The Morgan fingerprint density at radius 1 is 0.720 bits per heavy atom. The van der Waals surface area contributed by atoms with E-state index in [-0.39, 0.29) is 12.7 Å². The molecule has 1 amide bonds. The molecule has 25 heavy (non-hydrogen) atoms. The number of ether oxygens (including phenoxy) is 2. The van der Waals surface area contributed by atoms with Gasteiger partial charge in [-0.2, -0.15) is 0 Å². The highest BCUT2D eigenvalue weighted by atomic mass is 16.7. The van der Waals surface area contributed by atoms with E-state index in [1.807, 2.05) is 66.7 Å². The van der Waals surface area contributed by atoms with Gasteiger partial charge in [0.1, 0.15) is 0 Å². The smallest absolute Gasteiger partial charge is 0.277 e. The van der Waals surface area contributed by atoms with Gasteiger partial charge >= 0.3 is 0 Å². The van der Waals surface area contributed by atoms with E-state index in [1.54, 1.807) is 12.1 Å². The maximum atomic E-state index is 12.6. The highest BCUT2D eigenvalue weighted by molar-refractivity contribution is 6.18. The van der Waals surface area contributed by atoms with Crippen LogP contribution in [0.5, 0.6) is 11.5 Å². The summed E-state index contributed by atoms with van der Waals surface area (Å²) < 4.78 is 10.8. The summed E-state index contributed by atoms with van der Waals surface area (Å²) in [4.78, 5) is 17.0. The number of hydrogen-bond acceptors (Lipinski definition) is 3. The maximum Gasteiger partial charge on any atom is 0.277 e. The van der Waals surface area contributed by atoms with Crippen LogP contribution in [0, 0.1) is 0 Å². The molecule has 4 heteroatoms. The van der Waals surface area contributed by atoms with Crippen LogP contribution in [0.2, 0.25) is 0 Å². The second-order valence-electron chi connectivity index (χ2n) is 5.57. The quantitative estimate of drug-likeness (QED) is 0.680. The minimum atomic E-state index is -0.280. The fraction of sp³-hybridized carbons (Fsp3) is 0.0476. The second kappa shape index (κ2) is 6.61. The average Bonchev–Trinajstić information content (AvgIpc) is 3.15. The topological polar surface area (TPSA) is 47.9 Å². The van der Waals surface area contributed by atoms with Crippen LogP contribution in [0.25, 0.3) is 0 Å². The SMILES string of the molecule is O=C(N=C(c1ccccc1)c1ccc2c(c1)OCO2)c1ccccc1. The van der Waals surface area contributed by atoms with E-state index in [1.165, 1.54) is 0 Å². The van der Waals surface area contributed by atoms with Gasteiger partial charge in [0.25, 0.3) is 5.91 Å². The number of hydrogen-bond donors (Lipinski definition) is 0. The Hall–Kier alpha value is -3.40. The largest absolute Gasteiger partial charge is 0.454 e. The third-order valence-electron chi connectivity index (χ3n) is 3.93. The molecule has 1 aliphatic heterocycles. The Bertz CT molecular complexity index is 934. The van der Waals surface area contributed by atoms with Crippen LogP contribution in [0.15, 0.2) is 83.9 Å². The lowest BCUT2D eigenvalue weighted by Gasteiger charge is -2.08. The molecule has 0 spiro atoms. The molecular formula is C21H15NO3. The van der Waals surface area contributed by atoms with Crippen molar-refractivity contribution in [3.8, 4) is 11.5 Å². The standard InChI is InChI=1S/C21H15NO3/c23-21(16-9-5-2-6-10-16)22-20(15-7-3-1-4-8-15)17-11-12-18-19(13-17)25-14-24-18/h1-13H,14H2. The van der Waals surface area contributed by atoms with Crippen molar-refractivity contribution in [1.29, 1.82) is 0 Å². The van der Waals surface area contributed by atoms with E-state index in [0.717, 1.165) is 11.1 Å². The second-order valence-corrected chi connectivity index (χ2v) is 5.57. The molecule has 0 fully saturated rings. The third kappa shape index (κ3) is 3.15. The summed E-state index contributed by atoms with van der Waals surface area (Å²) in [6.45, 7) is 0.208. The first-order chi connectivity index (χ1) is 12.3. The van der Waals surface area contributed by atoms with Gasteiger partial charge in [0, 0.05) is 16.7 Å². The summed E-state index contributed by atoms with van der Waals surface area (Å²) in [5, 5.41) is 0. The van der Waals surface area contributed by atoms with Gasteiger partial charge in [-0.1, -0.05) is 48.5 Å². The van der Waals surface area contributed by atoms with Gasteiger partial charge in [-0.05, 0) is 30.3 Å². The molecule has 0 N–H and O–H groups in total. The number of benzene rings is 3. The van der Waals surface area contributed by atoms with Gasteiger partial charge in [0.05, 0.1) is 5.71 Å². The number of fused-ring (bicyclic) bond motifs is 1. The van der Waals surface area contributed by atoms with E-state index >= 15 is 0 Å². The molecule has 4 rings (SSSR count). The zero-order chi connectivity index (χ0) is 17.1. The van der Waals surface area contributed by atoms with Crippen LogP contribution in [-0.2, 0) is 0 Å². The van der Waals surface area contributed by atoms with Crippen molar-refractivity contribution in [2.24, 2.45) is 4.99 Å².